The van der Waals surface area contributed by atoms with Crippen molar-refractivity contribution in [2.45, 2.75) is 65.5 Å². The van der Waals surface area contributed by atoms with Gasteiger partial charge < -0.3 is 10.2 Å². The van der Waals surface area contributed by atoms with Crippen LogP contribution in [0.2, 0.25) is 0 Å². The zero-order valence-corrected chi connectivity index (χ0v) is 14.1. The Balaban J connectivity index is 1.96. The zero-order valence-electron chi connectivity index (χ0n) is 14.1. The van der Waals surface area contributed by atoms with Crippen molar-refractivity contribution in [3.8, 4) is 0 Å². The molecule has 0 spiro atoms. The van der Waals surface area contributed by atoms with Crippen LogP contribution in [-0.2, 0) is 0 Å². The van der Waals surface area contributed by atoms with Crippen LogP contribution in [0.3, 0.4) is 0 Å². The van der Waals surface area contributed by atoms with Crippen LogP contribution in [0.1, 0.15) is 53.4 Å². The van der Waals surface area contributed by atoms with E-state index in [1.165, 1.54) is 65.0 Å². The highest BCUT2D eigenvalue weighted by atomic mass is 15.3. The summed E-state index contributed by atoms with van der Waals surface area (Å²) in [7, 11) is 0. The molecule has 0 aromatic rings. The van der Waals surface area contributed by atoms with Crippen molar-refractivity contribution in [3.63, 3.8) is 0 Å². The molecule has 0 amide bonds. The summed E-state index contributed by atoms with van der Waals surface area (Å²) in [4.78, 5) is 5.36. The van der Waals surface area contributed by atoms with Crippen LogP contribution in [0.25, 0.3) is 0 Å². The van der Waals surface area contributed by atoms with Crippen LogP contribution in [0, 0.1) is 5.41 Å². The van der Waals surface area contributed by atoms with Crippen LogP contribution in [-0.4, -0.2) is 61.2 Å². The molecular weight excluding hydrogens is 246 g/mol. The van der Waals surface area contributed by atoms with Gasteiger partial charge in [0, 0.05) is 38.3 Å². The van der Waals surface area contributed by atoms with Crippen molar-refractivity contribution in [2.24, 2.45) is 5.41 Å². The fourth-order valence-electron chi connectivity index (χ4n) is 3.91. The minimum absolute atomic E-state index is 0.525. The molecule has 0 radical (unpaired) electrons. The summed E-state index contributed by atoms with van der Waals surface area (Å²) in [6, 6.07) is 1.47. The Morgan fingerprint density at radius 2 is 1.80 bits per heavy atom. The molecule has 3 heteroatoms. The summed E-state index contributed by atoms with van der Waals surface area (Å²) in [6.45, 7) is 16.9. The second-order valence-electron chi connectivity index (χ2n) is 7.51. The summed E-state index contributed by atoms with van der Waals surface area (Å²) in [6.07, 6.45) is 5.34. The van der Waals surface area contributed by atoms with Gasteiger partial charge in [-0.1, -0.05) is 27.7 Å². The lowest BCUT2D eigenvalue weighted by molar-refractivity contribution is 0.0302. The van der Waals surface area contributed by atoms with E-state index in [9.17, 15) is 0 Å². The van der Waals surface area contributed by atoms with Gasteiger partial charge >= 0.3 is 0 Å². The van der Waals surface area contributed by atoms with Gasteiger partial charge in [0.1, 0.15) is 0 Å². The van der Waals surface area contributed by atoms with Gasteiger partial charge in [0.15, 0.2) is 0 Å². The van der Waals surface area contributed by atoms with Gasteiger partial charge in [-0.05, 0) is 44.2 Å². The van der Waals surface area contributed by atoms with E-state index < -0.39 is 0 Å². The fraction of sp³-hybridized carbons (Fsp3) is 1.00. The van der Waals surface area contributed by atoms with Crippen molar-refractivity contribution in [1.82, 2.24) is 15.1 Å². The monoisotopic (exact) mass is 281 g/mol. The summed E-state index contributed by atoms with van der Waals surface area (Å²) < 4.78 is 0. The Bertz CT molecular complexity index is 282. The Kier molecular flexibility index (Phi) is 5.88. The van der Waals surface area contributed by atoms with Crippen LogP contribution >= 0.6 is 0 Å². The molecule has 0 bridgehead atoms. The molecule has 3 nitrogen and oxygen atoms in total. The van der Waals surface area contributed by atoms with Crippen LogP contribution < -0.4 is 5.32 Å². The van der Waals surface area contributed by atoms with Gasteiger partial charge in [0.05, 0.1) is 0 Å². The van der Waals surface area contributed by atoms with Crippen molar-refractivity contribution in [3.05, 3.63) is 0 Å². The third-order valence-electron chi connectivity index (χ3n) is 5.34. The maximum atomic E-state index is 3.83. The molecule has 1 saturated heterocycles. The SMILES string of the molecule is CCCNC1CCC(C)(C)CC1N1CCN(CC)CC1. The normalized spacial score (nSPS) is 32.4. The highest BCUT2D eigenvalue weighted by molar-refractivity contribution is 4.95. The van der Waals surface area contributed by atoms with Gasteiger partial charge in [-0.2, -0.15) is 0 Å². The maximum Gasteiger partial charge on any atom is 0.0255 e. The lowest BCUT2D eigenvalue weighted by atomic mass is 9.72. The molecule has 2 atom stereocenters. The molecule has 2 aliphatic rings. The first-order valence-electron chi connectivity index (χ1n) is 8.75. The Hall–Kier alpha value is -0.120. The van der Waals surface area contributed by atoms with Gasteiger partial charge in [-0.15, -0.1) is 0 Å². The largest absolute Gasteiger partial charge is 0.312 e. The molecule has 2 unspecified atom stereocenters. The van der Waals surface area contributed by atoms with Crippen molar-refractivity contribution >= 4 is 0 Å². The van der Waals surface area contributed by atoms with E-state index in [1.807, 2.05) is 0 Å². The molecule has 0 aromatic carbocycles. The molecule has 118 valence electrons. The van der Waals surface area contributed by atoms with E-state index >= 15 is 0 Å². The third kappa shape index (κ3) is 4.19. The highest BCUT2D eigenvalue weighted by Crippen LogP contribution is 2.37. The fourth-order valence-corrected chi connectivity index (χ4v) is 3.91. The van der Waals surface area contributed by atoms with E-state index in [0.717, 1.165) is 12.1 Å². The first-order valence-corrected chi connectivity index (χ1v) is 8.75. The highest BCUT2D eigenvalue weighted by Gasteiger charge is 2.38. The molecule has 1 aliphatic carbocycles. The van der Waals surface area contributed by atoms with E-state index in [2.05, 4.69) is 42.8 Å². The topological polar surface area (TPSA) is 18.5 Å². The number of hydrogen-bond donors (Lipinski definition) is 1. The van der Waals surface area contributed by atoms with Crippen LogP contribution in [0.15, 0.2) is 0 Å². The second-order valence-corrected chi connectivity index (χ2v) is 7.51. The predicted molar refractivity (Wildman–Crippen MR) is 87.2 cm³/mol. The van der Waals surface area contributed by atoms with E-state index in [1.54, 1.807) is 0 Å². The van der Waals surface area contributed by atoms with Gasteiger partial charge in [-0.3, -0.25) is 4.90 Å². The van der Waals surface area contributed by atoms with Crippen molar-refractivity contribution in [2.75, 3.05) is 39.3 Å². The lowest BCUT2D eigenvalue weighted by Gasteiger charge is -2.48. The zero-order chi connectivity index (χ0) is 14.6. The summed E-state index contributed by atoms with van der Waals surface area (Å²) in [5, 5.41) is 3.83. The van der Waals surface area contributed by atoms with Gasteiger partial charge in [0.2, 0.25) is 0 Å². The molecule has 2 rings (SSSR count). The molecule has 1 aliphatic heterocycles. The van der Waals surface area contributed by atoms with E-state index in [0.29, 0.717) is 5.41 Å². The first kappa shape index (κ1) is 16.3. The van der Waals surface area contributed by atoms with Crippen LogP contribution in [0.5, 0.6) is 0 Å². The average molecular weight is 281 g/mol. The van der Waals surface area contributed by atoms with Crippen molar-refractivity contribution in [1.29, 1.82) is 0 Å². The molecule has 2 fully saturated rings. The number of nitrogens with zero attached hydrogens (tertiary/aromatic N) is 2. The molecule has 20 heavy (non-hydrogen) atoms. The van der Waals surface area contributed by atoms with Crippen molar-refractivity contribution < 1.29 is 0 Å². The van der Waals surface area contributed by atoms with E-state index in [4.69, 9.17) is 0 Å². The van der Waals surface area contributed by atoms with Gasteiger partial charge in [0.25, 0.3) is 0 Å². The number of likely N-dealkylation sites (N-methyl/N-ethyl adjacent to an activating group) is 1. The minimum atomic E-state index is 0.525. The predicted octanol–water partition coefficient (Wildman–Crippen LogP) is 2.57. The average Bonchev–Trinajstić information content (AvgIpc) is 2.45. The minimum Gasteiger partial charge on any atom is -0.312 e. The summed E-state index contributed by atoms with van der Waals surface area (Å²) >= 11 is 0. The number of piperazine rings is 1. The maximum absolute atomic E-state index is 3.83. The number of hydrogen-bond acceptors (Lipinski definition) is 3. The Morgan fingerprint density at radius 1 is 1.10 bits per heavy atom. The van der Waals surface area contributed by atoms with E-state index in [-0.39, 0.29) is 0 Å². The summed E-state index contributed by atoms with van der Waals surface area (Å²) in [5.74, 6) is 0. The molecule has 1 heterocycles. The molecule has 1 saturated carbocycles. The quantitative estimate of drug-likeness (QED) is 0.835. The second kappa shape index (κ2) is 7.24. The lowest BCUT2D eigenvalue weighted by Crippen LogP contribution is -2.59. The first-order chi connectivity index (χ1) is 9.55. The Morgan fingerprint density at radius 3 is 2.40 bits per heavy atom. The summed E-state index contributed by atoms with van der Waals surface area (Å²) in [5.41, 5.74) is 0.525. The van der Waals surface area contributed by atoms with Crippen LogP contribution in [0.4, 0.5) is 0 Å². The molecule has 1 N–H and O–H groups in total. The molecular formula is C17H35N3. The smallest absolute Gasteiger partial charge is 0.0255 e. The third-order valence-corrected chi connectivity index (χ3v) is 5.34. The number of rotatable bonds is 5. The standard InChI is InChI=1S/C17H35N3/c1-5-9-18-15-7-8-17(3,4)14-16(15)20-12-10-19(6-2)11-13-20/h15-16,18H,5-14H2,1-4H3. The van der Waals surface area contributed by atoms with Gasteiger partial charge in [-0.25, -0.2) is 0 Å². The molecule has 0 aromatic heterocycles. The Labute approximate surface area is 126 Å². The number of nitrogens with one attached hydrogen (secondary N) is 1.